The first kappa shape index (κ1) is 44.4. The molecule has 0 heteroatoms. The first-order valence-corrected chi connectivity index (χ1v) is 21.2. The zero-order valence-corrected chi connectivity index (χ0v) is 38.4. The number of benzene rings is 8. The summed E-state index contributed by atoms with van der Waals surface area (Å²) in [5.74, 6) is 0. The average molecular weight is 775 g/mol. The second-order valence-electron chi connectivity index (χ2n) is 17.0. The minimum Gasteiger partial charge on any atom is -0.0614 e. The van der Waals surface area contributed by atoms with Crippen molar-refractivity contribution in [3.05, 3.63) is 222 Å². The van der Waals surface area contributed by atoms with E-state index in [1.54, 1.807) is 0 Å². The van der Waals surface area contributed by atoms with E-state index >= 15 is 0 Å². The van der Waals surface area contributed by atoms with E-state index in [0.29, 0.717) is 0 Å². The van der Waals surface area contributed by atoms with Gasteiger partial charge in [0.15, 0.2) is 0 Å². The van der Waals surface area contributed by atoms with E-state index < -0.39 is 0 Å². The Balaban J connectivity index is 0.000000151. The highest BCUT2D eigenvalue weighted by atomic mass is 14.1. The van der Waals surface area contributed by atoms with Crippen LogP contribution in [-0.2, 0) is 6.42 Å². The predicted molar refractivity (Wildman–Crippen MR) is 262 cm³/mol. The SMILES string of the molecule is Cc1ccc(-c2ccc(C)c(C)c2)cc1C.Cc1ccc(C)c2c(C)ccc(C)c12.Cc1ccc(Cc2ccc(C)c(C)c2)cc1C.Cc1cccc2c(C)cccc12. The molecule has 0 aromatic heterocycles. The molecule has 0 bridgehead atoms. The maximum atomic E-state index is 2.30. The van der Waals surface area contributed by atoms with Gasteiger partial charge in [-0.25, -0.2) is 0 Å². The van der Waals surface area contributed by atoms with Crippen LogP contribution in [0.2, 0.25) is 0 Å². The fraction of sp³-hybridized carbons (Fsp3) is 0.254. The van der Waals surface area contributed by atoms with Gasteiger partial charge in [-0.2, -0.15) is 0 Å². The molecule has 0 spiro atoms. The standard InChI is InChI=1S/C17H20.C16H18.C14H16.C12H12/c1-12-5-7-16(9-14(12)3)11-17-8-6-13(2)15(4)10-17;1-11-5-7-15(9-13(11)3)16-8-6-12(2)14(4)10-16;1-9-5-6-11(3)14-12(4)8-7-10(2)13(9)14;1-9-5-3-8-12-10(2)6-4-7-11(9)12/h5-10H,11H2,1-4H3;5-10H,1-4H3;5-8H,1-4H3;3-8H,1-2H3. The fourth-order valence-corrected chi connectivity index (χ4v) is 7.77. The van der Waals surface area contributed by atoms with Crippen LogP contribution in [0.5, 0.6) is 0 Å². The molecular weight excluding hydrogens is 709 g/mol. The number of hydrogen-bond acceptors (Lipinski definition) is 0. The zero-order chi connectivity index (χ0) is 43.0. The summed E-state index contributed by atoms with van der Waals surface area (Å²) in [7, 11) is 0. The van der Waals surface area contributed by atoms with Crippen LogP contribution in [0.25, 0.3) is 32.7 Å². The Morgan fingerprint density at radius 3 is 0.831 bits per heavy atom. The van der Waals surface area contributed by atoms with Crippen molar-refractivity contribution in [3.63, 3.8) is 0 Å². The summed E-state index contributed by atoms with van der Waals surface area (Å²) in [6, 6.07) is 48.6. The zero-order valence-electron chi connectivity index (χ0n) is 38.4. The summed E-state index contributed by atoms with van der Waals surface area (Å²) in [6.45, 7) is 30.4. The van der Waals surface area contributed by atoms with Crippen molar-refractivity contribution < 1.29 is 0 Å². The maximum absolute atomic E-state index is 2.30. The van der Waals surface area contributed by atoms with Gasteiger partial charge in [-0.1, -0.05) is 133 Å². The number of rotatable bonds is 3. The first-order chi connectivity index (χ1) is 28.0. The molecule has 0 saturated heterocycles. The molecule has 59 heavy (non-hydrogen) atoms. The minimum absolute atomic E-state index is 1.03. The van der Waals surface area contributed by atoms with E-state index in [-0.39, 0.29) is 0 Å². The van der Waals surface area contributed by atoms with Gasteiger partial charge in [0.05, 0.1) is 0 Å². The van der Waals surface area contributed by atoms with Crippen molar-refractivity contribution in [2.24, 2.45) is 0 Å². The molecule has 0 saturated carbocycles. The van der Waals surface area contributed by atoms with Gasteiger partial charge in [0.1, 0.15) is 0 Å². The highest BCUT2D eigenvalue weighted by Gasteiger charge is 2.06. The van der Waals surface area contributed by atoms with Crippen molar-refractivity contribution in [2.45, 2.75) is 103 Å². The van der Waals surface area contributed by atoms with Gasteiger partial charge in [0, 0.05) is 0 Å². The van der Waals surface area contributed by atoms with Crippen LogP contribution in [0.3, 0.4) is 0 Å². The van der Waals surface area contributed by atoms with E-state index in [1.807, 2.05) is 0 Å². The Hall–Kier alpha value is -5.72. The van der Waals surface area contributed by atoms with Gasteiger partial charge >= 0.3 is 0 Å². The summed E-state index contributed by atoms with van der Waals surface area (Å²) in [6.07, 6.45) is 1.03. The van der Waals surface area contributed by atoms with Gasteiger partial charge in [0.2, 0.25) is 0 Å². The van der Waals surface area contributed by atoms with Gasteiger partial charge in [-0.05, 0) is 225 Å². The van der Waals surface area contributed by atoms with E-state index in [9.17, 15) is 0 Å². The van der Waals surface area contributed by atoms with Gasteiger partial charge < -0.3 is 0 Å². The predicted octanol–water partition coefficient (Wildman–Crippen LogP) is 16.6. The third-order valence-electron chi connectivity index (χ3n) is 12.3. The molecule has 0 N–H and O–H groups in total. The molecule has 8 aromatic carbocycles. The number of hydrogen-bond donors (Lipinski definition) is 0. The monoisotopic (exact) mass is 775 g/mol. The lowest BCUT2D eigenvalue weighted by Gasteiger charge is -2.11. The Labute approximate surface area is 357 Å². The largest absolute Gasteiger partial charge is 0.0614 e. The summed E-state index contributed by atoms with van der Waals surface area (Å²) >= 11 is 0. The van der Waals surface area contributed by atoms with Crippen molar-refractivity contribution >= 4 is 21.5 Å². The molecule has 0 aliphatic heterocycles. The molecule has 0 heterocycles. The fourth-order valence-electron chi connectivity index (χ4n) is 7.77. The highest BCUT2D eigenvalue weighted by Crippen LogP contribution is 2.28. The van der Waals surface area contributed by atoms with E-state index in [0.717, 1.165) is 6.42 Å². The summed E-state index contributed by atoms with van der Waals surface area (Å²) in [4.78, 5) is 0. The molecule has 0 radical (unpaired) electrons. The lowest BCUT2D eigenvalue weighted by molar-refractivity contribution is 1.15. The maximum Gasteiger partial charge on any atom is -0.00256 e. The third-order valence-corrected chi connectivity index (χ3v) is 12.3. The highest BCUT2D eigenvalue weighted by molar-refractivity contribution is 5.93. The molecule has 0 aliphatic rings. The van der Waals surface area contributed by atoms with Crippen LogP contribution in [0, 0.1) is 96.9 Å². The van der Waals surface area contributed by atoms with Gasteiger partial charge in [-0.3, -0.25) is 0 Å². The first-order valence-electron chi connectivity index (χ1n) is 21.2. The third kappa shape index (κ3) is 11.3. The molecule has 302 valence electrons. The second kappa shape index (κ2) is 19.8. The van der Waals surface area contributed by atoms with E-state index in [1.165, 1.54) is 122 Å². The molecular formula is C59H66. The van der Waals surface area contributed by atoms with E-state index in [2.05, 4.69) is 230 Å². The van der Waals surface area contributed by atoms with Crippen LogP contribution in [-0.4, -0.2) is 0 Å². The van der Waals surface area contributed by atoms with Gasteiger partial charge in [0.25, 0.3) is 0 Å². The van der Waals surface area contributed by atoms with Crippen LogP contribution < -0.4 is 0 Å². The molecule has 0 amide bonds. The van der Waals surface area contributed by atoms with Crippen LogP contribution >= 0.6 is 0 Å². The molecule has 8 aromatic rings. The van der Waals surface area contributed by atoms with Gasteiger partial charge in [-0.15, -0.1) is 0 Å². The molecule has 0 atom stereocenters. The molecule has 0 aliphatic carbocycles. The lowest BCUT2D eigenvalue weighted by Crippen LogP contribution is -1.92. The lowest BCUT2D eigenvalue weighted by atomic mass is 9.94. The van der Waals surface area contributed by atoms with Crippen molar-refractivity contribution in [1.82, 2.24) is 0 Å². The summed E-state index contributed by atoms with van der Waals surface area (Å²) in [5.41, 5.74) is 24.6. The van der Waals surface area contributed by atoms with Crippen LogP contribution in [0.15, 0.2) is 133 Å². The number of aryl methyl sites for hydroxylation is 14. The van der Waals surface area contributed by atoms with Crippen LogP contribution in [0.1, 0.15) is 89.0 Å². The van der Waals surface area contributed by atoms with Crippen molar-refractivity contribution in [1.29, 1.82) is 0 Å². The number of fused-ring (bicyclic) bond motifs is 2. The average Bonchev–Trinajstić information content (AvgIpc) is 3.20. The second-order valence-corrected chi connectivity index (χ2v) is 17.0. The molecule has 0 nitrogen and oxygen atoms in total. The smallest absolute Gasteiger partial charge is 0.00256 e. The normalized spacial score (nSPS) is 10.6. The Morgan fingerprint density at radius 2 is 0.525 bits per heavy atom. The Morgan fingerprint density at radius 1 is 0.237 bits per heavy atom. The topological polar surface area (TPSA) is 0 Å². The summed E-state index contributed by atoms with van der Waals surface area (Å²) in [5, 5.41) is 5.62. The van der Waals surface area contributed by atoms with Crippen LogP contribution in [0.4, 0.5) is 0 Å². The minimum atomic E-state index is 1.03. The summed E-state index contributed by atoms with van der Waals surface area (Å²) < 4.78 is 0. The Kier molecular flexibility index (Phi) is 14.9. The van der Waals surface area contributed by atoms with Crippen molar-refractivity contribution in [3.8, 4) is 11.1 Å². The molecule has 8 rings (SSSR count). The Bertz CT molecular complexity index is 2490. The molecule has 0 fully saturated rings. The van der Waals surface area contributed by atoms with E-state index in [4.69, 9.17) is 0 Å². The molecule has 0 unspecified atom stereocenters. The quantitative estimate of drug-likeness (QED) is 0.168. The van der Waals surface area contributed by atoms with Crippen molar-refractivity contribution in [2.75, 3.05) is 0 Å².